The van der Waals surface area contributed by atoms with E-state index in [0.29, 0.717) is 6.54 Å². The van der Waals surface area contributed by atoms with Crippen molar-refractivity contribution in [2.24, 2.45) is 0 Å². The van der Waals surface area contributed by atoms with Crippen molar-refractivity contribution >= 4 is 11.4 Å². The van der Waals surface area contributed by atoms with E-state index in [1.807, 2.05) is 18.2 Å². The zero-order valence-corrected chi connectivity index (χ0v) is 14.5. The number of hydrogen-bond donors (Lipinski definition) is 1. The zero-order valence-electron chi connectivity index (χ0n) is 14.5. The minimum absolute atomic E-state index is 0.0804. The third kappa shape index (κ3) is 4.15. The molecule has 0 atom stereocenters. The van der Waals surface area contributed by atoms with Crippen LogP contribution in [0.3, 0.4) is 0 Å². The van der Waals surface area contributed by atoms with Crippen molar-refractivity contribution in [3.05, 3.63) is 47.5 Å². The summed E-state index contributed by atoms with van der Waals surface area (Å²) in [6.45, 7) is 0.166. The first-order valence-electron chi connectivity index (χ1n) is 8.36. The first-order chi connectivity index (χ1) is 12.4. The second kappa shape index (κ2) is 7.35. The normalized spacial score (nSPS) is 14.1. The van der Waals surface area contributed by atoms with E-state index < -0.39 is 12.8 Å². The molecule has 2 N–H and O–H groups in total. The first kappa shape index (κ1) is 18.2. The fraction of sp³-hybridized carbons (Fsp3) is 0.368. The maximum absolute atomic E-state index is 12.4. The summed E-state index contributed by atoms with van der Waals surface area (Å²) in [5.41, 5.74) is 10.0. The van der Waals surface area contributed by atoms with Crippen LogP contribution in [0.15, 0.2) is 36.4 Å². The van der Waals surface area contributed by atoms with E-state index in [-0.39, 0.29) is 11.5 Å². The van der Waals surface area contributed by atoms with E-state index in [9.17, 15) is 13.2 Å². The molecular formula is C19H21F3N2O2. The van der Waals surface area contributed by atoms with Crippen molar-refractivity contribution in [1.29, 1.82) is 0 Å². The number of nitrogens with zero attached hydrogens (tertiary/aromatic N) is 1. The van der Waals surface area contributed by atoms with Crippen LogP contribution in [-0.4, -0.2) is 26.4 Å². The molecule has 1 heterocycles. The summed E-state index contributed by atoms with van der Waals surface area (Å²) in [6, 6.07) is 10.9. The molecule has 0 aromatic heterocycles. The molecule has 3 rings (SSSR count). The number of fused-ring (bicyclic) bond motifs is 1. The summed E-state index contributed by atoms with van der Waals surface area (Å²) in [5.74, 6) is 0.369. The molecule has 0 bridgehead atoms. The van der Waals surface area contributed by atoms with Gasteiger partial charge in [0.25, 0.3) is 0 Å². The number of ether oxygens (including phenoxy) is 2. The molecule has 0 aliphatic carbocycles. The lowest BCUT2D eigenvalue weighted by molar-refractivity contribution is -0.153. The van der Waals surface area contributed by atoms with Crippen molar-refractivity contribution in [3.8, 4) is 11.5 Å². The number of halogens is 3. The lowest BCUT2D eigenvalue weighted by Gasteiger charge is -2.32. The number of anilines is 2. The Hall–Kier alpha value is -2.57. The Morgan fingerprint density at radius 1 is 1.15 bits per heavy atom. The Balaban J connectivity index is 1.78. The molecule has 0 saturated carbocycles. The van der Waals surface area contributed by atoms with Crippen LogP contribution in [0.25, 0.3) is 0 Å². The van der Waals surface area contributed by atoms with Crippen molar-refractivity contribution in [2.45, 2.75) is 25.6 Å². The van der Waals surface area contributed by atoms with E-state index in [2.05, 4.69) is 4.90 Å². The van der Waals surface area contributed by atoms with E-state index in [4.69, 9.17) is 15.2 Å². The quantitative estimate of drug-likeness (QED) is 0.807. The van der Waals surface area contributed by atoms with Crippen molar-refractivity contribution in [3.63, 3.8) is 0 Å². The van der Waals surface area contributed by atoms with E-state index in [1.54, 1.807) is 12.1 Å². The summed E-state index contributed by atoms with van der Waals surface area (Å²) >= 11 is 0. The van der Waals surface area contributed by atoms with E-state index in [0.717, 1.165) is 41.9 Å². The van der Waals surface area contributed by atoms with Gasteiger partial charge in [-0.1, -0.05) is 12.1 Å². The van der Waals surface area contributed by atoms with Crippen molar-refractivity contribution in [1.82, 2.24) is 0 Å². The summed E-state index contributed by atoms with van der Waals surface area (Å²) in [6.07, 6.45) is -2.43. The Labute approximate surface area is 150 Å². The topological polar surface area (TPSA) is 47.7 Å². The lowest BCUT2D eigenvalue weighted by Crippen LogP contribution is -2.29. The molecule has 4 nitrogen and oxygen atoms in total. The molecule has 0 spiro atoms. The van der Waals surface area contributed by atoms with Gasteiger partial charge in [-0.2, -0.15) is 13.2 Å². The molecule has 26 heavy (non-hydrogen) atoms. The monoisotopic (exact) mass is 366 g/mol. The molecule has 7 heteroatoms. The van der Waals surface area contributed by atoms with Gasteiger partial charge >= 0.3 is 6.18 Å². The third-order valence-electron chi connectivity index (χ3n) is 4.38. The molecule has 0 fully saturated rings. The van der Waals surface area contributed by atoms with Crippen LogP contribution in [0.2, 0.25) is 0 Å². The largest absolute Gasteiger partial charge is 0.493 e. The third-order valence-corrected chi connectivity index (χ3v) is 4.38. The van der Waals surface area contributed by atoms with Crippen LogP contribution >= 0.6 is 0 Å². The van der Waals surface area contributed by atoms with Crippen LogP contribution in [0.1, 0.15) is 17.5 Å². The van der Waals surface area contributed by atoms with Gasteiger partial charge in [-0.25, -0.2) is 0 Å². The second-order valence-corrected chi connectivity index (χ2v) is 6.26. The number of methoxy groups -OCH3 is 1. The molecule has 0 radical (unpaired) electrons. The number of alkyl halides is 3. The number of nitrogen functional groups attached to an aromatic ring is 1. The maximum Gasteiger partial charge on any atom is 0.422 e. The molecule has 1 aliphatic rings. The highest BCUT2D eigenvalue weighted by Crippen LogP contribution is 2.34. The van der Waals surface area contributed by atoms with Gasteiger partial charge in [0.05, 0.1) is 7.11 Å². The maximum atomic E-state index is 12.4. The standard InChI is InChI=1S/C19H21F3N2O2/c1-25-18-10-13(7-8-17(18)26-12-19(20,21)22)11-24-9-3-4-14-15(23)5-2-6-16(14)24/h2,5-8,10H,3-4,9,11-12,23H2,1H3. The summed E-state index contributed by atoms with van der Waals surface area (Å²) in [5, 5.41) is 0. The smallest absolute Gasteiger partial charge is 0.422 e. The SMILES string of the molecule is COc1cc(CN2CCCc3c(N)cccc32)ccc1OCC(F)(F)F. The average molecular weight is 366 g/mol. The van der Waals surface area contributed by atoms with Gasteiger partial charge in [0.2, 0.25) is 0 Å². The Morgan fingerprint density at radius 3 is 2.69 bits per heavy atom. The fourth-order valence-electron chi connectivity index (χ4n) is 3.20. The molecule has 0 amide bonds. The Bertz CT molecular complexity index is 778. The van der Waals surface area contributed by atoms with Crippen LogP contribution in [-0.2, 0) is 13.0 Å². The number of nitrogens with two attached hydrogens (primary N) is 1. The van der Waals surface area contributed by atoms with Crippen LogP contribution in [0, 0.1) is 0 Å². The minimum Gasteiger partial charge on any atom is -0.493 e. The van der Waals surface area contributed by atoms with Gasteiger partial charge in [0.1, 0.15) is 0 Å². The number of rotatable bonds is 5. The minimum atomic E-state index is -4.39. The number of hydrogen-bond acceptors (Lipinski definition) is 4. The first-order valence-corrected chi connectivity index (χ1v) is 8.36. The second-order valence-electron chi connectivity index (χ2n) is 6.26. The summed E-state index contributed by atoms with van der Waals surface area (Å²) in [4.78, 5) is 2.22. The van der Waals surface area contributed by atoms with E-state index >= 15 is 0 Å². The predicted molar refractivity (Wildman–Crippen MR) is 94.8 cm³/mol. The predicted octanol–water partition coefficient (Wildman–Crippen LogP) is 4.17. The lowest BCUT2D eigenvalue weighted by atomic mass is 9.99. The van der Waals surface area contributed by atoms with Crippen LogP contribution in [0.5, 0.6) is 11.5 Å². The molecule has 2 aromatic carbocycles. The van der Waals surface area contributed by atoms with Gasteiger partial charge in [0.15, 0.2) is 18.1 Å². The van der Waals surface area contributed by atoms with Gasteiger partial charge < -0.3 is 20.1 Å². The average Bonchev–Trinajstić information content (AvgIpc) is 2.60. The Morgan fingerprint density at radius 2 is 1.96 bits per heavy atom. The van der Waals surface area contributed by atoms with Gasteiger partial charge in [0, 0.05) is 24.5 Å². The molecular weight excluding hydrogens is 345 g/mol. The zero-order chi connectivity index (χ0) is 18.7. The van der Waals surface area contributed by atoms with E-state index in [1.165, 1.54) is 13.2 Å². The summed E-state index contributed by atoms with van der Waals surface area (Å²) in [7, 11) is 1.41. The van der Waals surface area contributed by atoms with Gasteiger partial charge in [-0.05, 0) is 48.2 Å². The highest BCUT2D eigenvalue weighted by atomic mass is 19.4. The van der Waals surface area contributed by atoms with Crippen molar-refractivity contribution < 1.29 is 22.6 Å². The highest BCUT2D eigenvalue weighted by Gasteiger charge is 2.29. The molecule has 140 valence electrons. The molecule has 2 aromatic rings. The molecule has 0 saturated heterocycles. The number of benzene rings is 2. The van der Waals surface area contributed by atoms with Crippen molar-refractivity contribution in [2.75, 3.05) is 30.9 Å². The summed E-state index contributed by atoms with van der Waals surface area (Å²) < 4.78 is 47.1. The fourth-order valence-corrected chi connectivity index (χ4v) is 3.20. The Kier molecular flexibility index (Phi) is 5.15. The molecule has 1 aliphatic heterocycles. The van der Waals surface area contributed by atoms with Gasteiger partial charge in [-0.15, -0.1) is 0 Å². The van der Waals surface area contributed by atoms with Crippen LogP contribution in [0.4, 0.5) is 24.5 Å². The van der Waals surface area contributed by atoms with Gasteiger partial charge in [-0.3, -0.25) is 0 Å². The van der Waals surface area contributed by atoms with Crippen LogP contribution < -0.4 is 20.1 Å². The molecule has 0 unspecified atom stereocenters. The highest BCUT2D eigenvalue weighted by molar-refractivity contribution is 5.66.